The number of nitrogens with one attached hydrogen (secondary N) is 1. The summed E-state index contributed by atoms with van der Waals surface area (Å²) in [4.78, 5) is 23.5. The SMILES string of the molecule is C[C@@H](OC(=O)C[C@@H](NC(N)=O)c1ccc(Cl)cc1)c1ccccc1Cl. The van der Waals surface area contributed by atoms with Crippen molar-refractivity contribution in [3.63, 3.8) is 0 Å². The highest BCUT2D eigenvalue weighted by molar-refractivity contribution is 6.31. The minimum Gasteiger partial charge on any atom is -0.458 e. The van der Waals surface area contributed by atoms with Gasteiger partial charge in [0.1, 0.15) is 6.10 Å². The first-order valence-electron chi connectivity index (χ1n) is 7.62. The van der Waals surface area contributed by atoms with Crippen molar-refractivity contribution in [1.82, 2.24) is 5.32 Å². The first-order valence-corrected chi connectivity index (χ1v) is 8.37. The van der Waals surface area contributed by atoms with E-state index in [9.17, 15) is 9.59 Å². The van der Waals surface area contributed by atoms with Crippen molar-refractivity contribution in [3.8, 4) is 0 Å². The summed E-state index contributed by atoms with van der Waals surface area (Å²) in [5.41, 5.74) is 6.61. The van der Waals surface area contributed by atoms with Crippen molar-refractivity contribution >= 4 is 35.2 Å². The zero-order chi connectivity index (χ0) is 18.4. The van der Waals surface area contributed by atoms with Crippen LogP contribution in [0.5, 0.6) is 0 Å². The van der Waals surface area contributed by atoms with Gasteiger partial charge in [-0.05, 0) is 30.7 Å². The van der Waals surface area contributed by atoms with Crippen molar-refractivity contribution in [1.29, 1.82) is 0 Å². The largest absolute Gasteiger partial charge is 0.458 e. The molecule has 2 aromatic carbocycles. The van der Waals surface area contributed by atoms with Crippen LogP contribution in [0.2, 0.25) is 10.0 Å². The minimum atomic E-state index is -0.730. The number of hydrogen-bond donors (Lipinski definition) is 2. The van der Waals surface area contributed by atoms with Crippen LogP contribution in [0.4, 0.5) is 4.79 Å². The lowest BCUT2D eigenvalue weighted by molar-refractivity contribution is -0.149. The summed E-state index contributed by atoms with van der Waals surface area (Å²) in [5.74, 6) is -0.485. The Morgan fingerprint density at radius 3 is 2.36 bits per heavy atom. The van der Waals surface area contributed by atoms with Gasteiger partial charge in [-0.25, -0.2) is 4.79 Å². The lowest BCUT2D eigenvalue weighted by Crippen LogP contribution is -2.34. The molecule has 0 spiro atoms. The molecule has 2 atom stereocenters. The number of primary amides is 1. The summed E-state index contributed by atoms with van der Waals surface area (Å²) in [5, 5.41) is 3.61. The van der Waals surface area contributed by atoms with Gasteiger partial charge in [-0.1, -0.05) is 53.5 Å². The summed E-state index contributed by atoms with van der Waals surface area (Å²) in [6.45, 7) is 1.73. The molecule has 0 fully saturated rings. The zero-order valence-corrected chi connectivity index (χ0v) is 15.1. The van der Waals surface area contributed by atoms with Gasteiger partial charge in [-0.15, -0.1) is 0 Å². The number of hydrogen-bond acceptors (Lipinski definition) is 3. The number of carbonyl (C=O) groups excluding carboxylic acids is 2. The molecule has 0 saturated heterocycles. The topological polar surface area (TPSA) is 81.4 Å². The lowest BCUT2D eigenvalue weighted by atomic mass is 10.0. The monoisotopic (exact) mass is 380 g/mol. The third kappa shape index (κ3) is 5.66. The van der Waals surface area contributed by atoms with Gasteiger partial charge in [-0.3, -0.25) is 4.79 Å². The number of halogens is 2. The van der Waals surface area contributed by atoms with Crippen LogP contribution in [-0.2, 0) is 9.53 Å². The number of amides is 2. The van der Waals surface area contributed by atoms with Crippen LogP contribution in [0.25, 0.3) is 0 Å². The Labute approximate surface area is 156 Å². The van der Waals surface area contributed by atoms with Crippen LogP contribution >= 0.6 is 23.2 Å². The maximum absolute atomic E-state index is 12.3. The molecule has 0 aliphatic carbocycles. The van der Waals surface area contributed by atoms with Crippen LogP contribution < -0.4 is 11.1 Å². The first kappa shape index (κ1) is 19.1. The van der Waals surface area contributed by atoms with E-state index in [1.807, 2.05) is 6.07 Å². The maximum atomic E-state index is 12.3. The van der Waals surface area contributed by atoms with E-state index in [-0.39, 0.29) is 6.42 Å². The summed E-state index contributed by atoms with van der Waals surface area (Å²) < 4.78 is 5.43. The molecule has 5 nitrogen and oxygen atoms in total. The van der Waals surface area contributed by atoms with Gasteiger partial charge >= 0.3 is 12.0 Å². The molecule has 0 aliphatic rings. The highest BCUT2D eigenvalue weighted by Gasteiger charge is 2.21. The van der Waals surface area contributed by atoms with Crippen molar-refractivity contribution in [2.75, 3.05) is 0 Å². The molecule has 7 heteroatoms. The lowest BCUT2D eigenvalue weighted by Gasteiger charge is -2.20. The van der Waals surface area contributed by atoms with Crippen molar-refractivity contribution in [3.05, 3.63) is 69.7 Å². The third-order valence-corrected chi connectivity index (χ3v) is 4.21. The molecule has 2 rings (SSSR count). The van der Waals surface area contributed by atoms with E-state index in [0.29, 0.717) is 21.2 Å². The summed E-state index contributed by atoms with van der Waals surface area (Å²) in [7, 11) is 0. The van der Waals surface area contributed by atoms with Gasteiger partial charge in [0.25, 0.3) is 0 Å². The van der Waals surface area contributed by atoms with Crippen LogP contribution in [0.3, 0.4) is 0 Å². The molecule has 3 N–H and O–H groups in total. The average molecular weight is 381 g/mol. The van der Waals surface area contributed by atoms with Gasteiger partial charge in [-0.2, -0.15) is 0 Å². The molecule has 25 heavy (non-hydrogen) atoms. The molecule has 2 amide bonds. The van der Waals surface area contributed by atoms with Crippen LogP contribution in [0, 0.1) is 0 Å². The zero-order valence-electron chi connectivity index (χ0n) is 13.5. The molecule has 0 heterocycles. The Morgan fingerprint density at radius 2 is 1.76 bits per heavy atom. The molecule has 0 radical (unpaired) electrons. The number of benzene rings is 2. The van der Waals surface area contributed by atoms with E-state index in [4.69, 9.17) is 33.7 Å². The van der Waals surface area contributed by atoms with Crippen molar-refractivity contribution in [2.24, 2.45) is 5.73 Å². The normalized spacial score (nSPS) is 12.9. The molecule has 0 aliphatic heterocycles. The van der Waals surface area contributed by atoms with Crippen molar-refractivity contribution in [2.45, 2.75) is 25.5 Å². The number of nitrogens with two attached hydrogens (primary N) is 1. The highest BCUT2D eigenvalue weighted by atomic mass is 35.5. The summed E-state index contributed by atoms with van der Waals surface area (Å²) in [6, 6.07) is 12.6. The Morgan fingerprint density at radius 1 is 1.12 bits per heavy atom. The molecule has 0 aromatic heterocycles. The van der Waals surface area contributed by atoms with E-state index < -0.39 is 24.1 Å². The smallest absolute Gasteiger partial charge is 0.312 e. The fourth-order valence-corrected chi connectivity index (χ4v) is 2.81. The Hall–Kier alpha value is -2.24. The van der Waals surface area contributed by atoms with E-state index in [2.05, 4.69) is 5.32 Å². The van der Waals surface area contributed by atoms with E-state index in [0.717, 1.165) is 0 Å². The predicted octanol–water partition coefficient (Wildman–Crippen LogP) is 4.40. The quantitative estimate of drug-likeness (QED) is 0.728. The number of rotatable bonds is 6. The maximum Gasteiger partial charge on any atom is 0.312 e. The standard InChI is InChI=1S/C18H18Cl2N2O3/c1-11(14-4-2-3-5-15(14)20)25-17(23)10-16(22-18(21)24)12-6-8-13(19)9-7-12/h2-9,11,16H,10H2,1H3,(H3,21,22,24)/t11-,16-/m1/s1. The molecular formula is C18H18Cl2N2O3. The third-order valence-electron chi connectivity index (χ3n) is 3.61. The van der Waals surface area contributed by atoms with Crippen LogP contribution in [-0.4, -0.2) is 12.0 Å². The number of ether oxygens (including phenoxy) is 1. The van der Waals surface area contributed by atoms with Gasteiger partial charge in [0.05, 0.1) is 12.5 Å². The van der Waals surface area contributed by atoms with Crippen LogP contribution in [0.15, 0.2) is 48.5 Å². The Bertz CT molecular complexity index is 750. The van der Waals surface area contributed by atoms with E-state index in [1.54, 1.807) is 49.4 Å². The van der Waals surface area contributed by atoms with Gasteiger partial charge in [0.15, 0.2) is 0 Å². The molecule has 0 bridgehead atoms. The molecule has 0 unspecified atom stereocenters. The first-order chi connectivity index (χ1) is 11.9. The second kappa shape index (κ2) is 8.74. The Balaban J connectivity index is 2.07. The van der Waals surface area contributed by atoms with Gasteiger partial charge < -0.3 is 15.8 Å². The fourth-order valence-electron chi connectivity index (χ4n) is 2.40. The molecule has 0 saturated carbocycles. The van der Waals surface area contributed by atoms with E-state index >= 15 is 0 Å². The summed E-state index contributed by atoms with van der Waals surface area (Å²) >= 11 is 12.0. The number of esters is 1. The average Bonchev–Trinajstić information content (AvgIpc) is 2.54. The molecule has 2 aromatic rings. The number of urea groups is 1. The second-order valence-electron chi connectivity index (χ2n) is 5.47. The second-order valence-corrected chi connectivity index (χ2v) is 6.31. The minimum absolute atomic E-state index is 0.0701. The van der Waals surface area contributed by atoms with Crippen LogP contribution in [0.1, 0.15) is 36.6 Å². The Kier molecular flexibility index (Phi) is 6.67. The molecule has 132 valence electrons. The van der Waals surface area contributed by atoms with Crippen molar-refractivity contribution < 1.29 is 14.3 Å². The van der Waals surface area contributed by atoms with E-state index in [1.165, 1.54) is 0 Å². The van der Waals surface area contributed by atoms with Gasteiger partial charge in [0.2, 0.25) is 0 Å². The highest BCUT2D eigenvalue weighted by Crippen LogP contribution is 2.27. The molecular weight excluding hydrogens is 363 g/mol. The van der Waals surface area contributed by atoms with Gasteiger partial charge in [0, 0.05) is 15.6 Å². The predicted molar refractivity (Wildman–Crippen MR) is 97.5 cm³/mol. The summed E-state index contributed by atoms with van der Waals surface area (Å²) in [6.07, 6.45) is -0.583. The number of carbonyl (C=O) groups is 2. The fraction of sp³-hybridized carbons (Fsp3) is 0.222.